The first kappa shape index (κ1) is 17.2. The van der Waals surface area contributed by atoms with Crippen LogP contribution in [0.2, 0.25) is 0 Å². The number of nitrogens with one attached hydrogen (secondary N) is 1. The number of likely N-dealkylation sites (N-methyl/N-ethyl adjacent to an activating group) is 1. The summed E-state index contributed by atoms with van der Waals surface area (Å²) in [7, 11) is 4.37. The van der Waals surface area contributed by atoms with Crippen LogP contribution in [0.15, 0.2) is 0 Å². The predicted octanol–water partition coefficient (Wildman–Crippen LogP) is 3.29. The van der Waals surface area contributed by atoms with E-state index in [0.717, 1.165) is 12.5 Å². The van der Waals surface area contributed by atoms with Crippen molar-refractivity contribution >= 4 is 0 Å². The molecule has 1 heterocycles. The molecule has 1 saturated carbocycles. The van der Waals surface area contributed by atoms with E-state index in [1.807, 2.05) is 0 Å². The summed E-state index contributed by atoms with van der Waals surface area (Å²) in [5.74, 6) is 1.45. The molecule has 0 aromatic carbocycles. The summed E-state index contributed by atoms with van der Waals surface area (Å²) in [4.78, 5) is 2.55. The molecule has 0 amide bonds. The van der Waals surface area contributed by atoms with Crippen LogP contribution in [0.3, 0.4) is 0 Å². The van der Waals surface area contributed by atoms with Crippen molar-refractivity contribution < 1.29 is 4.74 Å². The molecule has 2 unspecified atom stereocenters. The Bertz CT molecular complexity index is 334. The Labute approximate surface area is 131 Å². The second-order valence-corrected chi connectivity index (χ2v) is 8.41. The molecule has 0 aromatic rings. The maximum Gasteiger partial charge on any atom is 0.0790 e. The van der Waals surface area contributed by atoms with Crippen LogP contribution in [0.1, 0.15) is 59.8 Å². The van der Waals surface area contributed by atoms with Crippen molar-refractivity contribution in [2.24, 2.45) is 11.8 Å². The highest BCUT2D eigenvalue weighted by Gasteiger charge is 2.53. The van der Waals surface area contributed by atoms with Crippen LogP contribution in [0.4, 0.5) is 0 Å². The van der Waals surface area contributed by atoms with Crippen molar-refractivity contribution in [2.45, 2.75) is 77.0 Å². The molecule has 2 fully saturated rings. The van der Waals surface area contributed by atoms with Gasteiger partial charge in [-0.25, -0.2) is 0 Å². The molecule has 21 heavy (non-hydrogen) atoms. The van der Waals surface area contributed by atoms with Gasteiger partial charge in [0.05, 0.1) is 11.2 Å². The third-order valence-corrected chi connectivity index (χ3v) is 5.68. The fourth-order valence-corrected chi connectivity index (χ4v) is 4.80. The lowest BCUT2D eigenvalue weighted by atomic mass is 9.82. The Balaban J connectivity index is 1.95. The molecule has 2 atom stereocenters. The summed E-state index contributed by atoms with van der Waals surface area (Å²) in [5, 5.41) is 3.52. The van der Waals surface area contributed by atoms with Crippen LogP contribution >= 0.6 is 0 Å². The Morgan fingerprint density at radius 3 is 2.19 bits per heavy atom. The van der Waals surface area contributed by atoms with Crippen molar-refractivity contribution in [3.63, 3.8) is 0 Å². The number of hydrogen-bond donors (Lipinski definition) is 1. The molecule has 124 valence electrons. The summed E-state index contributed by atoms with van der Waals surface area (Å²) in [6, 6.07) is 0.418. The first-order chi connectivity index (χ1) is 9.76. The van der Waals surface area contributed by atoms with E-state index >= 15 is 0 Å². The highest BCUT2D eigenvalue weighted by Crippen LogP contribution is 2.42. The Hall–Kier alpha value is -0.120. The third kappa shape index (κ3) is 4.00. The molecule has 0 bridgehead atoms. The topological polar surface area (TPSA) is 24.5 Å². The van der Waals surface area contributed by atoms with Gasteiger partial charge in [0.25, 0.3) is 0 Å². The maximum atomic E-state index is 6.35. The standard InChI is InChI=1S/C18H36N2O/c1-17(2)15(16(19-5)18(3,4)21-17)13-20(6)12-14-10-8-7-9-11-14/h14-16,19H,7-13H2,1-6H3. The number of hydrogen-bond acceptors (Lipinski definition) is 3. The highest BCUT2D eigenvalue weighted by atomic mass is 16.5. The monoisotopic (exact) mass is 296 g/mol. The first-order valence-electron chi connectivity index (χ1n) is 8.82. The van der Waals surface area contributed by atoms with Gasteiger partial charge in [0.2, 0.25) is 0 Å². The van der Waals surface area contributed by atoms with Crippen molar-refractivity contribution in [3.8, 4) is 0 Å². The minimum Gasteiger partial charge on any atom is -0.368 e. The van der Waals surface area contributed by atoms with Gasteiger partial charge >= 0.3 is 0 Å². The fourth-order valence-electron chi connectivity index (χ4n) is 4.80. The molecule has 2 rings (SSSR count). The minimum atomic E-state index is -0.0887. The summed E-state index contributed by atoms with van der Waals surface area (Å²) in [6.45, 7) is 11.3. The molecule has 0 spiro atoms. The lowest BCUT2D eigenvalue weighted by Gasteiger charge is -2.34. The largest absolute Gasteiger partial charge is 0.368 e. The van der Waals surface area contributed by atoms with E-state index in [4.69, 9.17) is 4.74 Å². The zero-order valence-corrected chi connectivity index (χ0v) is 15.0. The van der Waals surface area contributed by atoms with Gasteiger partial charge in [-0.3, -0.25) is 0 Å². The summed E-state index contributed by atoms with van der Waals surface area (Å²) < 4.78 is 6.35. The minimum absolute atomic E-state index is 0.0575. The average molecular weight is 296 g/mol. The quantitative estimate of drug-likeness (QED) is 0.842. The Morgan fingerprint density at radius 1 is 1.00 bits per heavy atom. The van der Waals surface area contributed by atoms with E-state index < -0.39 is 0 Å². The summed E-state index contributed by atoms with van der Waals surface area (Å²) in [6.07, 6.45) is 7.16. The normalized spacial score (nSPS) is 32.7. The molecule has 1 aliphatic carbocycles. The van der Waals surface area contributed by atoms with Gasteiger partial charge in [-0.05, 0) is 60.5 Å². The first-order valence-corrected chi connectivity index (χ1v) is 8.82. The SMILES string of the molecule is CNC1C(CN(C)CC2CCCCC2)C(C)(C)OC1(C)C. The van der Waals surface area contributed by atoms with Crippen LogP contribution in [0.25, 0.3) is 0 Å². The van der Waals surface area contributed by atoms with E-state index in [-0.39, 0.29) is 11.2 Å². The summed E-state index contributed by atoms with van der Waals surface area (Å²) in [5.41, 5.74) is -0.146. The molecule has 2 aliphatic rings. The van der Waals surface area contributed by atoms with Gasteiger partial charge in [-0.1, -0.05) is 19.3 Å². The molecule has 1 N–H and O–H groups in total. The van der Waals surface area contributed by atoms with Gasteiger partial charge in [0.1, 0.15) is 0 Å². The third-order valence-electron chi connectivity index (χ3n) is 5.68. The van der Waals surface area contributed by atoms with Gasteiger partial charge in [-0.15, -0.1) is 0 Å². The molecular weight excluding hydrogens is 260 g/mol. The van der Waals surface area contributed by atoms with Crippen LogP contribution in [-0.2, 0) is 4.74 Å². The summed E-state index contributed by atoms with van der Waals surface area (Å²) >= 11 is 0. The second-order valence-electron chi connectivity index (χ2n) is 8.41. The van der Waals surface area contributed by atoms with Crippen LogP contribution in [0, 0.1) is 11.8 Å². The van der Waals surface area contributed by atoms with E-state index in [1.165, 1.54) is 38.6 Å². The van der Waals surface area contributed by atoms with Gasteiger partial charge in [0.15, 0.2) is 0 Å². The van der Waals surface area contributed by atoms with Crippen LogP contribution < -0.4 is 5.32 Å². The Morgan fingerprint density at radius 2 is 1.62 bits per heavy atom. The van der Waals surface area contributed by atoms with Gasteiger partial charge < -0.3 is 15.0 Å². The zero-order valence-electron chi connectivity index (χ0n) is 15.0. The predicted molar refractivity (Wildman–Crippen MR) is 89.7 cm³/mol. The molecule has 3 nitrogen and oxygen atoms in total. The van der Waals surface area contributed by atoms with Gasteiger partial charge in [0, 0.05) is 25.0 Å². The van der Waals surface area contributed by atoms with Crippen molar-refractivity contribution in [2.75, 3.05) is 27.2 Å². The second kappa shape index (κ2) is 6.55. The maximum absolute atomic E-state index is 6.35. The average Bonchev–Trinajstić information content (AvgIpc) is 2.55. The van der Waals surface area contributed by atoms with Crippen LogP contribution in [0.5, 0.6) is 0 Å². The van der Waals surface area contributed by atoms with Gasteiger partial charge in [-0.2, -0.15) is 0 Å². The number of ether oxygens (including phenoxy) is 1. The van der Waals surface area contributed by atoms with E-state index in [2.05, 4.69) is 52.0 Å². The van der Waals surface area contributed by atoms with E-state index in [9.17, 15) is 0 Å². The molecule has 1 saturated heterocycles. The molecule has 0 aromatic heterocycles. The molecule has 0 radical (unpaired) electrons. The fraction of sp³-hybridized carbons (Fsp3) is 1.00. The number of rotatable bonds is 5. The lowest BCUT2D eigenvalue weighted by Crippen LogP contribution is -2.49. The van der Waals surface area contributed by atoms with E-state index in [1.54, 1.807) is 0 Å². The zero-order chi connectivity index (χ0) is 15.7. The molecular formula is C18H36N2O. The Kier molecular flexibility index (Phi) is 5.38. The number of nitrogens with zero attached hydrogens (tertiary/aromatic N) is 1. The van der Waals surface area contributed by atoms with E-state index in [0.29, 0.717) is 12.0 Å². The lowest BCUT2D eigenvalue weighted by molar-refractivity contribution is -0.0792. The van der Waals surface area contributed by atoms with Crippen molar-refractivity contribution in [1.82, 2.24) is 10.2 Å². The molecule has 1 aliphatic heterocycles. The highest BCUT2D eigenvalue weighted by molar-refractivity contribution is 5.05. The van der Waals surface area contributed by atoms with Crippen molar-refractivity contribution in [3.05, 3.63) is 0 Å². The smallest absolute Gasteiger partial charge is 0.0790 e. The molecule has 3 heteroatoms. The van der Waals surface area contributed by atoms with Crippen molar-refractivity contribution in [1.29, 1.82) is 0 Å². The van der Waals surface area contributed by atoms with Crippen LogP contribution in [-0.4, -0.2) is 49.3 Å².